The number of hydrogen-bond acceptors (Lipinski definition) is 3. The van der Waals surface area contributed by atoms with E-state index >= 15 is 0 Å². The normalized spacial score (nSPS) is 18.9. The number of rotatable bonds is 6. The third kappa shape index (κ3) is 3.52. The summed E-state index contributed by atoms with van der Waals surface area (Å²) in [5.74, 6) is 1.01. The molecule has 1 N–H and O–H groups in total. The van der Waals surface area contributed by atoms with Gasteiger partial charge in [0.05, 0.1) is 13.2 Å². The van der Waals surface area contributed by atoms with Crippen LogP contribution in [-0.2, 0) is 12.8 Å². The molecule has 0 saturated carbocycles. The fourth-order valence-corrected chi connectivity index (χ4v) is 3.07. The van der Waals surface area contributed by atoms with Gasteiger partial charge in [-0.05, 0) is 49.3 Å². The van der Waals surface area contributed by atoms with Crippen LogP contribution < -0.4 is 10.1 Å². The van der Waals surface area contributed by atoms with Crippen molar-refractivity contribution in [3.63, 3.8) is 0 Å². The predicted molar refractivity (Wildman–Crippen MR) is 80.9 cm³/mol. The van der Waals surface area contributed by atoms with Gasteiger partial charge < -0.3 is 10.1 Å². The number of fused-ring (bicyclic) bond motifs is 1. The fourth-order valence-electron chi connectivity index (χ4n) is 3.07. The van der Waals surface area contributed by atoms with Crippen LogP contribution in [0.1, 0.15) is 43.7 Å². The van der Waals surface area contributed by atoms with Crippen molar-refractivity contribution in [3.05, 3.63) is 29.3 Å². The summed E-state index contributed by atoms with van der Waals surface area (Å²) in [4.78, 5) is 0. The Morgan fingerprint density at radius 1 is 1.50 bits per heavy atom. The first kappa shape index (κ1) is 14.9. The van der Waals surface area contributed by atoms with Crippen LogP contribution in [0.4, 0.5) is 0 Å². The molecule has 1 aliphatic carbocycles. The minimum Gasteiger partial charge on any atom is -0.496 e. The second-order valence-corrected chi connectivity index (χ2v) is 5.51. The van der Waals surface area contributed by atoms with Crippen molar-refractivity contribution in [2.24, 2.45) is 0 Å². The standard InChI is InChI=1S/C17H24N2O/c1-3-14(7-5-11-18)19-15-10-9-13-6-4-8-17(20-2)16(13)12-15/h4,6,8,14-15,19H,3,5,7,9-10,12H2,1-2H3. The van der Waals surface area contributed by atoms with E-state index in [0.717, 1.165) is 31.4 Å². The summed E-state index contributed by atoms with van der Waals surface area (Å²) in [6.45, 7) is 2.19. The van der Waals surface area contributed by atoms with Crippen LogP contribution >= 0.6 is 0 Å². The molecule has 0 aromatic heterocycles. The number of methoxy groups -OCH3 is 1. The maximum absolute atomic E-state index is 8.72. The quantitative estimate of drug-likeness (QED) is 0.864. The molecule has 0 heterocycles. The Hall–Kier alpha value is -1.53. The van der Waals surface area contributed by atoms with E-state index in [2.05, 4.69) is 30.4 Å². The van der Waals surface area contributed by atoms with E-state index in [1.54, 1.807) is 7.11 Å². The first-order valence-corrected chi connectivity index (χ1v) is 7.56. The van der Waals surface area contributed by atoms with E-state index < -0.39 is 0 Å². The molecule has 3 heteroatoms. The first-order valence-electron chi connectivity index (χ1n) is 7.56. The molecule has 0 radical (unpaired) electrons. The van der Waals surface area contributed by atoms with E-state index in [1.165, 1.54) is 17.5 Å². The Bertz CT molecular complexity index is 464. The van der Waals surface area contributed by atoms with E-state index in [4.69, 9.17) is 10.00 Å². The minimum atomic E-state index is 0.455. The summed E-state index contributed by atoms with van der Waals surface area (Å²) in [5, 5.41) is 12.4. The smallest absolute Gasteiger partial charge is 0.122 e. The van der Waals surface area contributed by atoms with Crippen molar-refractivity contribution in [1.82, 2.24) is 5.32 Å². The molecule has 108 valence electrons. The van der Waals surface area contributed by atoms with Gasteiger partial charge in [0.1, 0.15) is 5.75 Å². The third-order valence-corrected chi connectivity index (χ3v) is 4.23. The highest BCUT2D eigenvalue weighted by molar-refractivity contribution is 5.42. The zero-order chi connectivity index (χ0) is 14.4. The lowest BCUT2D eigenvalue weighted by molar-refractivity contribution is 0.360. The minimum absolute atomic E-state index is 0.455. The Morgan fingerprint density at radius 2 is 2.35 bits per heavy atom. The molecule has 1 aromatic carbocycles. The summed E-state index contributed by atoms with van der Waals surface area (Å²) in [6.07, 6.45) is 5.97. The monoisotopic (exact) mass is 272 g/mol. The van der Waals surface area contributed by atoms with Crippen molar-refractivity contribution in [3.8, 4) is 11.8 Å². The van der Waals surface area contributed by atoms with Gasteiger partial charge >= 0.3 is 0 Å². The highest BCUT2D eigenvalue weighted by atomic mass is 16.5. The molecular weight excluding hydrogens is 248 g/mol. The van der Waals surface area contributed by atoms with Crippen LogP contribution in [0.2, 0.25) is 0 Å². The molecule has 2 rings (SSSR count). The number of hydrogen-bond donors (Lipinski definition) is 1. The number of ether oxygens (including phenoxy) is 1. The number of nitrogens with zero attached hydrogens (tertiary/aromatic N) is 1. The van der Waals surface area contributed by atoms with Crippen molar-refractivity contribution < 1.29 is 4.74 Å². The molecule has 0 fully saturated rings. The molecule has 0 bridgehead atoms. The SMILES string of the molecule is CCC(CCC#N)NC1CCc2cccc(OC)c2C1. The second-order valence-electron chi connectivity index (χ2n) is 5.51. The summed E-state index contributed by atoms with van der Waals surface area (Å²) < 4.78 is 5.49. The largest absolute Gasteiger partial charge is 0.496 e. The van der Waals surface area contributed by atoms with Crippen LogP contribution in [-0.4, -0.2) is 19.2 Å². The van der Waals surface area contributed by atoms with Gasteiger partial charge in [0.2, 0.25) is 0 Å². The maximum atomic E-state index is 8.72. The van der Waals surface area contributed by atoms with Gasteiger partial charge in [-0.15, -0.1) is 0 Å². The topological polar surface area (TPSA) is 45.0 Å². The highest BCUT2D eigenvalue weighted by Crippen LogP contribution is 2.29. The molecule has 0 amide bonds. The van der Waals surface area contributed by atoms with Gasteiger partial charge in [0.15, 0.2) is 0 Å². The van der Waals surface area contributed by atoms with Gasteiger partial charge in [-0.1, -0.05) is 19.1 Å². The predicted octanol–water partition coefficient (Wildman–Crippen LogP) is 3.22. The zero-order valence-electron chi connectivity index (χ0n) is 12.5. The van der Waals surface area contributed by atoms with Gasteiger partial charge in [-0.3, -0.25) is 0 Å². The van der Waals surface area contributed by atoms with Crippen molar-refractivity contribution in [1.29, 1.82) is 5.26 Å². The summed E-state index contributed by atoms with van der Waals surface area (Å²) in [6, 6.07) is 9.54. The maximum Gasteiger partial charge on any atom is 0.122 e. The summed E-state index contributed by atoms with van der Waals surface area (Å²) >= 11 is 0. The molecule has 3 nitrogen and oxygen atoms in total. The first-order chi connectivity index (χ1) is 9.78. The molecule has 20 heavy (non-hydrogen) atoms. The van der Waals surface area contributed by atoms with E-state index in [1.807, 2.05) is 6.07 Å². The lowest BCUT2D eigenvalue weighted by Gasteiger charge is -2.30. The Balaban J connectivity index is 2.01. The van der Waals surface area contributed by atoms with Gasteiger partial charge in [0, 0.05) is 18.5 Å². The number of benzene rings is 1. The van der Waals surface area contributed by atoms with Crippen LogP contribution in [0, 0.1) is 11.3 Å². The Labute approximate surface area is 121 Å². The molecule has 1 aliphatic rings. The lowest BCUT2D eigenvalue weighted by atomic mass is 9.87. The Kier molecular flexibility index (Phi) is 5.43. The molecule has 2 unspecified atom stereocenters. The number of nitrogens with one attached hydrogen (secondary N) is 1. The summed E-state index contributed by atoms with van der Waals surface area (Å²) in [7, 11) is 1.74. The van der Waals surface area contributed by atoms with Crippen LogP contribution in [0.25, 0.3) is 0 Å². The van der Waals surface area contributed by atoms with E-state index in [0.29, 0.717) is 18.5 Å². The highest BCUT2D eigenvalue weighted by Gasteiger charge is 2.22. The third-order valence-electron chi connectivity index (χ3n) is 4.23. The van der Waals surface area contributed by atoms with Crippen molar-refractivity contribution in [2.45, 2.75) is 57.5 Å². The average molecular weight is 272 g/mol. The van der Waals surface area contributed by atoms with Gasteiger partial charge in [-0.2, -0.15) is 5.26 Å². The van der Waals surface area contributed by atoms with Gasteiger partial charge in [-0.25, -0.2) is 0 Å². The van der Waals surface area contributed by atoms with Gasteiger partial charge in [0.25, 0.3) is 0 Å². The fraction of sp³-hybridized carbons (Fsp3) is 0.588. The van der Waals surface area contributed by atoms with Crippen LogP contribution in [0.3, 0.4) is 0 Å². The average Bonchev–Trinajstić information content (AvgIpc) is 2.50. The molecule has 0 spiro atoms. The molecule has 1 aromatic rings. The zero-order valence-corrected chi connectivity index (χ0v) is 12.5. The molecule has 0 aliphatic heterocycles. The van der Waals surface area contributed by atoms with Crippen molar-refractivity contribution in [2.75, 3.05) is 7.11 Å². The molecule has 2 atom stereocenters. The number of nitriles is 1. The second kappa shape index (κ2) is 7.31. The molecule has 0 saturated heterocycles. The summed E-state index contributed by atoms with van der Waals surface area (Å²) in [5.41, 5.74) is 2.78. The van der Waals surface area contributed by atoms with Crippen LogP contribution in [0.5, 0.6) is 5.75 Å². The Morgan fingerprint density at radius 3 is 3.05 bits per heavy atom. The van der Waals surface area contributed by atoms with Crippen molar-refractivity contribution >= 4 is 0 Å². The lowest BCUT2D eigenvalue weighted by Crippen LogP contribution is -2.41. The number of aryl methyl sites for hydroxylation is 1. The van der Waals surface area contributed by atoms with Crippen LogP contribution in [0.15, 0.2) is 18.2 Å². The van der Waals surface area contributed by atoms with E-state index in [-0.39, 0.29) is 0 Å². The molecular formula is C17H24N2O. The van der Waals surface area contributed by atoms with E-state index in [9.17, 15) is 0 Å².